The van der Waals surface area contributed by atoms with Crippen molar-refractivity contribution < 1.29 is 4.74 Å². The summed E-state index contributed by atoms with van der Waals surface area (Å²) in [5.41, 5.74) is 0. The van der Waals surface area contributed by atoms with Gasteiger partial charge in [0, 0.05) is 8.95 Å². The summed E-state index contributed by atoms with van der Waals surface area (Å²) >= 11 is 8.90. The minimum Gasteiger partial charge on any atom is -0.455 e. The maximum Gasteiger partial charge on any atom is 0.142 e. The summed E-state index contributed by atoms with van der Waals surface area (Å²) in [5.74, 6) is 1.86. The molecule has 0 unspecified atom stereocenters. The van der Waals surface area contributed by atoms with E-state index in [1.54, 1.807) is 11.8 Å². The Morgan fingerprint density at radius 2 is 1.12 bits per heavy atom. The zero-order valence-corrected chi connectivity index (χ0v) is 18.3. The molecule has 5 rings (SSSR count). The second kappa shape index (κ2) is 7.26. The lowest BCUT2D eigenvalue weighted by molar-refractivity contribution is 0.458. The molecule has 4 heteroatoms. The van der Waals surface area contributed by atoms with Crippen LogP contribution in [0.5, 0.6) is 11.5 Å². The third-order valence-corrected chi connectivity index (χ3v) is 6.45. The van der Waals surface area contributed by atoms with Gasteiger partial charge in [-0.05, 0) is 57.9 Å². The van der Waals surface area contributed by atoms with Gasteiger partial charge in [-0.25, -0.2) is 0 Å². The first-order valence-electron chi connectivity index (χ1n) is 8.49. The SMILES string of the molecule is Brc1ccc2c3c(ccc2c1)Oc1ccc2cc(Br)ccc2c1S3.CC. The minimum atomic E-state index is 0.929. The molecule has 0 aromatic heterocycles. The Bertz CT molecular complexity index is 1050. The van der Waals surface area contributed by atoms with E-state index < -0.39 is 0 Å². The Morgan fingerprint density at radius 3 is 1.58 bits per heavy atom. The number of rotatable bonds is 0. The van der Waals surface area contributed by atoms with Gasteiger partial charge < -0.3 is 4.74 Å². The van der Waals surface area contributed by atoms with Gasteiger partial charge in [-0.15, -0.1) is 0 Å². The molecule has 0 spiro atoms. The number of hydrogen-bond acceptors (Lipinski definition) is 2. The highest BCUT2D eigenvalue weighted by Crippen LogP contribution is 2.52. The van der Waals surface area contributed by atoms with Crippen molar-refractivity contribution >= 4 is 65.2 Å². The van der Waals surface area contributed by atoms with Gasteiger partial charge in [-0.2, -0.15) is 0 Å². The van der Waals surface area contributed by atoms with E-state index in [1.165, 1.54) is 31.3 Å². The van der Waals surface area contributed by atoms with Crippen molar-refractivity contribution in [2.75, 3.05) is 0 Å². The summed E-state index contributed by atoms with van der Waals surface area (Å²) in [7, 11) is 0. The van der Waals surface area contributed by atoms with Gasteiger partial charge in [-0.1, -0.05) is 81.7 Å². The van der Waals surface area contributed by atoms with Crippen LogP contribution in [0, 0.1) is 0 Å². The molecular weight excluding hydrogens is 472 g/mol. The highest BCUT2D eigenvalue weighted by atomic mass is 79.9. The van der Waals surface area contributed by atoms with Crippen molar-refractivity contribution in [3.8, 4) is 11.5 Å². The predicted octanol–water partition coefficient (Wildman–Crippen LogP) is 8.80. The fraction of sp³-hybridized carbons (Fsp3) is 0.0909. The van der Waals surface area contributed by atoms with Gasteiger partial charge >= 0.3 is 0 Å². The standard InChI is InChI=1S/C20H10Br2OS.C2H6/c21-13-3-5-15-11(9-13)1-7-17-19(15)24-20-16-6-4-14(22)10-12(16)2-8-18(20)23-17;1-2/h1-10H;1-2H3. The Labute approximate surface area is 174 Å². The third-order valence-electron chi connectivity index (χ3n) is 4.22. The van der Waals surface area contributed by atoms with Gasteiger partial charge in [-0.3, -0.25) is 0 Å². The monoisotopic (exact) mass is 486 g/mol. The quantitative estimate of drug-likeness (QED) is 0.216. The van der Waals surface area contributed by atoms with Crippen molar-refractivity contribution in [1.82, 2.24) is 0 Å². The van der Waals surface area contributed by atoms with Crippen LogP contribution in [0.15, 0.2) is 79.4 Å². The zero-order valence-electron chi connectivity index (χ0n) is 14.3. The average Bonchev–Trinajstić information content (AvgIpc) is 2.67. The summed E-state index contributed by atoms with van der Waals surface area (Å²) in [6, 6.07) is 21.1. The molecule has 0 bridgehead atoms. The summed E-state index contributed by atoms with van der Waals surface area (Å²) in [5, 5.41) is 4.87. The van der Waals surface area contributed by atoms with Gasteiger partial charge in [0.05, 0.1) is 9.79 Å². The molecule has 1 nitrogen and oxygen atoms in total. The van der Waals surface area contributed by atoms with E-state index in [0.717, 1.165) is 20.4 Å². The maximum atomic E-state index is 6.21. The van der Waals surface area contributed by atoms with Crippen LogP contribution < -0.4 is 4.74 Å². The van der Waals surface area contributed by atoms with Crippen LogP contribution in [-0.4, -0.2) is 0 Å². The molecule has 1 aliphatic rings. The molecule has 1 heterocycles. The number of halogens is 2. The second-order valence-corrected chi connectivity index (χ2v) is 8.57. The molecule has 26 heavy (non-hydrogen) atoms. The van der Waals surface area contributed by atoms with E-state index >= 15 is 0 Å². The summed E-state index contributed by atoms with van der Waals surface area (Å²) in [4.78, 5) is 2.37. The van der Waals surface area contributed by atoms with E-state index in [0.29, 0.717) is 0 Å². The van der Waals surface area contributed by atoms with E-state index in [2.05, 4.69) is 92.5 Å². The van der Waals surface area contributed by atoms with Gasteiger partial charge in [0.15, 0.2) is 0 Å². The first kappa shape index (κ1) is 17.9. The molecule has 0 saturated carbocycles. The Hall–Kier alpha value is -1.49. The van der Waals surface area contributed by atoms with Crippen molar-refractivity contribution in [1.29, 1.82) is 0 Å². The second-order valence-electron chi connectivity index (χ2n) is 5.72. The van der Waals surface area contributed by atoms with E-state index in [4.69, 9.17) is 4.74 Å². The van der Waals surface area contributed by atoms with Crippen molar-refractivity contribution in [2.45, 2.75) is 23.6 Å². The highest BCUT2D eigenvalue weighted by Gasteiger charge is 2.22. The van der Waals surface area contributed by atoms with E-state index in [-0.39, 0.29) is 0 Å². The molecular formula is C22H16Br2OS. The normalized spacial score (nSPS) is 12.0. The highest BCUT2D eigenvalue weighted by molar-refractivity contribution is 9.10. The zero-order chi connectivity index (χ0) is 18.3. The van der Waals surface area contributed by atoms with E-state index in [1.807, 2.05) is 13.8 Å². The summed E-state index contributed by atoms with van der Waals surface area (Å²) in [6.45, 7) is 4.00. The predicted molar refractivity (Wildman–Crippen MR) is 119 cm³/mol. The lowest BCUT2D eigenvalue weighted by Gasteiger charge is -2.22. The lowest BCUT2D eigenvalue weighted by atomic mass is 10.1. The fourth-order valence-corrected chi connectivity index (χ4v) is 5.07. The van der Waals surface area contributed by atoms with Crippen molar-refractivity contribution in [3.63, 3.8) is 0 Å². The Balaban J connectivity index is 0.000000814. The fourth-order valence-electron chi connectivity index (χ4n) is 3.10. The van der Waals surface area contributed by atoms with Crippen LogP contribution >= 0.6 is 43.6 Å². The number of hydrogen-bond donors (Lipinski definition) is 0. The number of benzene rings is 4. The summed E-state index contributed by atoms with van der Waals surface area (Å²) < 4.78 is 8.39. The van der Waals surface area contributed by atoms with Crippen molar-refractivity contribution in [3.05, 3.63) is 69.6 Å². The molecule has 0 N–H and O–H groups in total. The van der Waals surface area contributed by atoms with Crippen LogP contribution in [0.1, 0.15) is 13.8 Å². The van der Waals surface area contributed by atoms with Crippen LogP contribution in [0.3, 0.4) is 0 Å². The molecule has 4 aromatic rings. The lowest BCUT2D eigenvalue weighted by Crippen LogP contribution is -1.96. The third kappa shape index (κ3) is 3.04. The molecule has 130 valence electrons. The maximum absolute atomic E-state index is 6.21. The Morgan fingerprint density at radius 1 is 0.654 bits per heavy atom. The summed E-state index contributed by atoms with van der Waals surface area (Å²) in [6.07, 6.45) is 0. The molecule has 0 amide bonds. The van der Waals surface area contributed by atoms with Crippen LogP contribution in [0.4, 0.5) is 0 Å². The topological polar surface area (TPSA) is 9.23 Å². The number of ether oxygens (including phenoxy) is 1. The number of fused-ring (bicyclic) bond motifs is 6. The van der Waals surface area contributed by atoms with E-state index in [9.17, 15) is 0 Å². The molecule has 0 saturated heterocycles. The van der Waals surface area contributed by atoms with Gasteiger partial charge in [0.2, 0.25) is 0 Å². The smallest absolute Gasteiger partial charge is 0.142 e. The van der Waals surface area contributed by atoms with Crippen LogP contribution in [0.25, 0.3) is 21.5 Å². The van der Waals surface area contributed by atoms with Crippen molar-refractivity contribution in [2.24, 2.45) is 0 Å². The molecule has 0 aliphatic carbocycles. The van der Waals surface area contributed by atoms with Gasteiger partial charge in [0.25, 0.3) is 0 Å². The molecule has 0 fully saturated rings. The minimum absolute atomic E-state index is 0.929. The first-order chi connectivity index (χ1) is 12.7. The van der Waals surface area contributed by atoms with Gasteiger partial charge in [0.1, 0.15) is 11.5 Å². The molecule has 4 aromatic carbocycles. The molecule has 1 aliphatic heterocycles. The van der Waals surface area contributed by atoms with Crippen LogP contribution in [-0.2, 0) is 0 Å². The first-order valence-corrected chi connectivity index (χ1v) is 10.9. The largest absolute Gasteiger partial charge is 0.455 e. The average molecular weight is 488 g/mol. The molecule has 0 atom stereocenters. The molecule has 0 radical (unpaired) electrons. The van der Waals surface area contributed by atoms with Crippen LogP contribution in [0.2, 0.25) is 0 Å². The Kier molecular flexibility index (Phi) is 5.00.